The van der Waals surface area contributed by atoms with Crippen LogP contribution in [0.5, 0.6) is 0 Å². The van der Waals surface area contributed by atoms with Crippen LogP contribution in [0.4, 0.5) is 5.82 Å². The maximum atomic E-state index is 11.9. The molecule has 0 aliphatic rings. The number of hydrogen-bond donors (Lipinski definition) is 1. The average Bonchev–Trinajstić information content (AvgIpc) is 2.92. The topological polar surface area (TPSA) is 113 Å². The zero-order valence-electron chi connectivity index (χ0n) is 13.8. The van der Waals surface area contributed by atoms with Crippen LogP contribution in [0.15, 0.2) is 13.6 Å². The molecule has 23 heavy (non-hydrogen) atoms. The van der Waals surface area contributed by atoms with Crippen LogP contribution < -0.4 is 11.5 Å². The van der Waals surface area contributed by atoms with Gasteiger partial charge in [0.15, 0.2) is 5.82 Å². The number of hydrogen-bond acceptors (Lipinski definition) is 7. The van der Waals surface area contributed by atoms with Crippen LogP contribution in [0.25, 0.3) is 11.1 Å². The third-order valence-corrected chi connectivity index (χ3v) is 3.64. The largest absolute Gasteiger partial charge is 0.443 e. The first kappa shape index (κ1) is 15.3. The molecule has 2 N–H and O–H groups in total. The molecule has 0 aliphatic heterocycles. The predicted molar refractivity (Wildman–Crippen MR) is 84.3 cm³/mol. The molecule has 122 valence electrons. The molecule has 3 rings (SSSR count). The fourth-order valence-corrected chi connectivity index (χ4v) is 2.24. The third-order valence-electron chi connectivity index (χ3n) is 3.64. The van der Waals surface area contributed by atoms with Crippen molar-refractivity contribution in [1.82, 2.24) is 19.7 Å². The van der Waals surface area contributed by atoms with E-state index >= 15 is 0 Å². The van der Waals surface area contributed by atoms with E-state index < -0.39 is 5.76 Å². The lowest BCUT2D eigenvalue weighted by molar-refractivity contribution is 0.374. The third kappa shape index (κ3) is 2.60. The summed E-state index contributed by atoms with van der Waals surface area (Å²) in [5, 5.41) is 4.90. The van der Waals surface area contributed by atoms with Gasteiger partial charge >= 0.3 is 5.76 Å². The van der Waals surface area contributed by atoms with E-state index in [0.29, 0.717) is 28.6 Å². The van der Waals surface area contributed by atoms with Crippen LogP contribution in [-0.4, -0.2) is 19.7 Å². The van der Waals surface area contributed by atoms with Gasteiger partial charge in [-0.2, -0.15) is 9.67 Å². The molecule has 0 fully saturated rings. The van der Waals surface area contributed by atoms with Crippen molar-refractivity contribution in [3.63, 3.8) is 0 Å². The van der Waals surface area contributed by atoms with Crippen LogP contribution in [-0.2, 0) is 12.0 Å². The fourth-order valence-electron chi connectivity index (χ4n) is 2.24. The lowest BCUT2D eigenvalue weighted by Crippen LogP contribution is -2.19. The Labute approximate surface area is 132 Å². The Morgan fingerprint density at radius 2 is 1.87 bits per heavy atom. The highest BCUT2D eigenvalue weighted by Crippen LogP contribution is 2.27. The van der Waals surface area contributed by atoms with Gasteiger partial charge in [-0.3, -0.25) is 0 Å². The molecular formula is C15H19N5O3. The van der Waals surface area contributed by atoms with Gasteiger partial charge < -0.3 is 14.6 Å². The number of fused-ring (bicyclic) bond motifs is 1. The summed E-state index contributed by atoms with van der Waals surface area (Å²) in [5.74, 6) is 1.23. The van der Waals surface area contributed by atoms with Crippen molar-refractivity contribution in [3.8, 4) is 0 Å². The highest BCUT2D eigenvalue weighted by Gasteiger charge is 2.23. The van der Waals surface area contributed by atoms with E-state index in [9.17, 15) is 4.79 Å². The molecule has 0 unspecified atom stereocenters. The Hall–Kier alpha value is -2.64. The molecule has 0 bridgehead atoms. The Balaban J connectivity index is 2.03. The summed E-state index contributed by atoms with van der Waals surface area (Å²) in [5.41, 5.74) is 6.96. The zero-order chi connectivity index (χ0) is 16.9. The first-order valence-corrected chi connectivity index (χ1v) is 7.27. The van der Waals surface area contributed by atoms with Crippen molar-refractivity contribution in [3.05, 3.63) is 33.6 Å². The minimum Gasteiger partial charge on any atom is -0.443 e. The molecule has 8 heteroatoms. The minimum atomic E-state index is -0.552. The zero-order valence-corrected chi connectivity index (χ0v) is 13.8. The van der Waals surface area contributed by atoms with Gasteiger partial charge in [-0.15, -0.1) is 5.10 Å². The van der Waals surface area contributed by atoms with Gasteiger partial charge in [0.1, 0.15) is 18.1 Å². The molecule has 0 aliphatic carbocycles. The predicted octanol–water partition coefficient (Wildman–Crippen LogP) is 1.92. The summed E-state index contributed by atoms with van der Waals surface area (Å²) in [4.78, 5) is 20.5. The molecule has 0 radical (unpaired) electrons. The van der Waals surface area contributed by atoms with Crippen LogP contribution in [0, 0.1) is 13.8 Å². The van der Waals surface area contributed by atoms with Crippen LogP contribution >= 0.6 is 0 Å². The van der Waals surface area contributed by atoms with E-state index in [2.05, 4.69) is 15.1 Å². The maximum absolute atomic E-state index is 11.9. The molecule has 3 aromatic heterocycles. The van der Waals surface area contributed by atoms with Crippen LogP contribution in [0.3, 0.4) is 0 Å². The monoisotopic (exact) mass is 317 g/mol. The Morgan fingerprint density at radius 3 is 2.48 bits per heavy atom. The van der Waals surface area contributed by atoms with Crippen LogP contribution in [0.2, 0.25) is 0 Å². The Morgan fingerprint density at radius 1 is 1.17 bits per heavy atom. The van der Waals surface area contributed by atoms with Gasteiger partial charge in [0.25, 0.3) is 0 Å². The molecular weight excluding hydrogens is 298 g/mol. The van der Waals surface area contributed by atoms with Crippen LogP contribution in [0.1, 0.15) is 43.8 Å². The average molecular weight is 317 g/mol. The number of aromatic nitrogens is 4. The van der Waals surface area contributed by atoms with E-state index in [1.54, 1.807) is 0 Å². The SMILES string of the molecule is Cc1oc2nc(Cn3nc(C(C)(C)C)oc3=O)nc(N)c2c1C. The number of aryl methyl sites for hydroxylation is 2. The fraction of sp³-hybridized carbons (Fsp3) is 0.467. The van der Waals surface area contributed by atoms with Gasteiger partial charge in [0.2, 0.25) is 11.6 Å². The Kier molecular flexibility index (Phi) is 3.28. The standard InChI is InChI=1S/C15H19N5O3/c1-7-8(2)22-12-10(7)11(16)17-9(18-12)6-20-14(21)23-13(19-20)15(3,4)5/h6H2,1-5H3,(H2,16,17,18). The highest BCUT2D eigenvalue weighted by atomic mass is 16.4. The second kappa shape index (κ2) is 4.94. The molecule has 0 spiro atoms. The van der Waals surface area contributed by atoms with E-state index in [0.717, 1.165) is 11.3 Å². The second-order valence-electron chi connectivity index (χ2n) is 6.57. The van der Waals surface area contributed by atoms with Crippen molar-refractivity contribution in [2.24, 2.45) is 0 Å². The number of nitrogen functional groups attached to an aromatic ring is 1. The molecule has 3 aromatic rings. The second-order valence-corrected chi connectivity index (χ2v) is 6.57. The number of anilines is 1. The van der Waals surface area contributed by atoms with Gasteiger partial charge in [-0.05, 0) is 13.8 Å². The van der Waals surface area contributed by atoms with Crippen molar-refractivity contribution >= 4 is 16.9 Å². The minimum absolute atomic E-state index is 0.0668. The van der Waals surface area contributed by atoms with Crippen molar-refractivity contribution in [1.29, 1.82) is 0 Å². The molecule has 0 saturated carbocycles. The highest BCUT2D eigenvalue weighted by molar-refractivity contribution is 5.88. The van der Waals surface area contributed by atoms with E-state index in [1.807, 2.05) is 34.6 Å². The summed E-state index contributed by atoms with van der Waals surface area (Å²) in [6, 6.07) is 0. The summed E-state index contributed by atoms with van der Waals surface area (Å²) in [6.45, 7) is 9.55. The number of furan rings is 1. The lowest BCUT2D eigenvalue weighted by Gasteiger charge is -2.10. The smallest absolute Gasteiger partial charge is 0.437 e. The summed E-state index contributed by atoms with van der Waals surface area (Å²) < 4.78 is 11.9. The molecule has 0 saturated heterocycles. The molecule has 0 amide bonds. The number of rotatable bonds is 2. The molecule has 8 nitrogen and oxygen atoms in total. The maximum Gasteiger partial charge on any atom is 0.437 e. The van der Waals surface area contributed by atoms with Gasteiger partial charge in [0, 0.05) is 11.0 Å². The normalized spacial score (nSPS) is 12.2. The molecule has 0 aromatic carbocycles. The van der Waals surface area contributed by atoms with E-state index in [1.165, 1.54) is 4.68 Å². The quantitative estimate of drug-likeness (QED) is 0.768. The van der Waals surface area contributed by atoms with E-state index in [4.69, 9.17) is 14.6 Å². The van der Waals surface area contributed by atoms with Crippen molar-refractivity contribution in [2.45, 2.75) is 46.6 Å². The summed E-state index contributed by atoms with van der Waals surface area (Å²) in [6.07, 6.45) is 0. The molecule has 3 heterocycles. The van der Waals surface area contributed by atoms with Crippen molar-refractivity contribution < 1.29 is 8.83 Å². The lowest BCUT2D eigenvalue weighted by atomic mass is 9.97. The van der Waals surface area contributed by atoms with E-state index in [-0.39, 0.29) is 12.0 Å². The molecule has 0 atom stereocenters. The summed E-state index contributed by atoms with van der Waals surface area (Å²) >= 11 is 0. The number of nitrogens with two attached hydrogens (primary N) is 1. The van der Waals surface area contributed by atoms with Gasteiger partial charge in [-0.25, -0.2) is 9.78 Å². The van der Waals surface area contributed by atoms with Gasteiger partial charge in [0.05, 0.1) is 5.39 Å². The first-order valence-electron chi connectivity index (χ1n) is 7.27. The first-order chi connectivity index (χ1) is 10.7. The number of nitrogens with zero attached hydrogens (tertiary/aromatic N) is 4. The Bertz CT molecular complexity index is 943. The summed E-state index contributed by atoms with van der Waals surface area (Å²) in [7, 11) is 0. The van der Waals surface area contributed by atoms with Gasteiger partial charge in [-0.1, -0.05) is 20.8 Å². The van der Waals surface area contributed by atoms with Crippen molar-refractivity contribution in [2.75, 3.05) is 5.73 Å².